The minimum Gasteiger partial charge on any atom is -0.494 e. The first-order valence-corrected chi connectivity index (χ1v) is 6.85. The van der Waals surface area contributed by atoms with E-state index in [9.17, 15) is 0 Å². The molecule has 0 unspecified atom stereocenters. The molecule has 0 spiro atoms. The van der Waals surface area contributed by atoms with E-state index < -0.39 is 0 Å². The Kier molecular flexibility index (Phi) is 5.44. The molecule has 2 aromatic rings. The van der Waals surface area contributed by atoms with Gasteiger partial charge in [0.2, 0.25) is 0 Å². The Morgan fingerprint density at radius 3 is 2.50 bits per heavy atom. The molecule has 0 aromatic heterocycles. The molecule has 20 heavy (non-hydrogen) atoms. The number of anilines is 1. The van der Waals surface area contributed by atoms with Gasteiger partial charge in [-0.1, -0.05) is 24.3 Å². The normalized spacial score (nSPS) is 10.3. The van der Waals surface area contributed by atoms with Gasteiger partial charge in [-0.25, -0.2) is 0 Å². The van der Waals surface area contributed by atoms with E-state index in [0.29, 0.717) is 13.2 Å². The van der Waals surface area contributed by atoms with Gasteiger partial charge in [-0.2, -0.15) is 0 Å². The molecule has 0 aliphatic carbocycles. The molecule has 2 rings (SSSR count). The average Bonchev–Trinajstić information content (AvgIpc) is 2.48. The van der Waals surface area contributed by atoms with E-state index >= 15 is 0 Å². The molecule has 106 valence electrons. The Labute approximate surface area is 120 Å². The summed E-state index contributed by atoms with van der Waals surface area (Å²) in [5.74, 6) is 0.915. The van der Waals surface area contributed by atoms with Crippen LogP contribution in [0.25, 0.3) is 0 Å². The highest BCUT2D eigenvalue weighted by Crippen LogP contribution is 2.15. The maximum atomic E-state index is 5.43. The van der Waals surface area contributed by atoms with Crippen LogP contribution in [-0.4, -0.2) is 13.7 Å². The number of rotatable bonds is 7. The van der Waals surface area contributed by atoms with Crippen molar-refractivity contribution in [1.82, 2.24) is 0 Å². The van der Waals surface area contributed by atoms with Gasteiger partial charge in [-0.3, -0.25) is 0 Å². The maximum absolute atomic E-state index is 5.43. The molecule has 3 heteroatoms. The molecular formula is C17H21NO2. The average molecular weight is 271 g/mol. The summed E-state index contributed by atoms with van der Waals surface area (Å²) in [6, 6.07) is 16.4. The molecule has 0 atom stereocenters. The molecule has 0 amide bonds. The Morgan fingerprint density at radius 1 is 1.00 bits per heavy atom. The Morgan fingerprint density at radius 2 is 1.80 bits per heavy atom. The standard InChI is InChI=1S/C17H21NO2/c1-3-20-17-9-7-14(8-10-17)12-18-16-6-4-5-15(11-16)13-19-2/h4-11,18H,3,12-13H2,1-2H3. The molecule has 0 saturated carbocycles. The smallest absolute Gasteiger partial charge is 0.119 e. The quantitative estimate of drug-likeness (QED) is 0.830. The molecule has 3 nitrogen and oxygen atoms in total. The van der Waals surface area contributed by atoms with Gasteiger partial charge in [0.05, 0.1) is 13.2 Å². The fourth-order valence-corrected chi connectivity index (χ4v) is 2.01. The zero-order valence-electron chi connectivity index (χ0n) is 12.1. The Balaban J connectivity index is 1.92. The number of benzene rings is 2. The summed E-state index contributed by atoms with van der Waals surface area (Å²) in [6.07, 6.45) is 0. The molecule has 0 radical (unpaired) electrons. The van der Waals surface area contributed by atoms with Crippen molar-refractivity contribution in [2.24, 2.45) is 0 Å². The zero-order chi connectivity index (χ0) is 14.2. The number of methoxy groups -OCH3 is 1. The minimum atomic E-state index is 0.637. The second-order valence-corrected chi connectivity index (χ2v) is 4.56. The second kappa shape index (κ2) is 7.56. The predicted octanol–water partition coefficient (Wildman–Crippen LogP) is 3.84. The van der Waals surface area contributed by atoms with Gasteiger partial charge in [0.15, 0.2) is 0 Å². The third-order valence-electron chi connectivity index (χ3n) is 2.97. The van der Waals surface area contributed by atoms with Crippen molar-refractivity contribution in [3.8, 4) is 5.75 Å². The predicted molar refractivity (Wildman–Crippen MR) is 82.1 cm³/mol. The molecule has 1 N–H and O–H groups in total. The first kappa shape index (κ1) is 14.4. The topological polar surface area (TPSA) is 30.5 Å². The van der Waals surface area contributed by atoms with Crippen molar-refractivity contribution < 1.29 is 9.47 Å². The molecule has 2 aromatic carbocycles. The lowest BCUT2D eigenvalue weighted by Crippen LogP contribution is -2.00. The van der Waals surface area contributed by atoms with Crippen molar-refractivity contribution in [1.29, 1.82) is 0 Å². The number of ether oxygens (including phenoxy) is 2. The van der Waals surface area contributed by atoms with Gasteiger partial charge in [0.25, 0.3) is 0 Å². The summed E-state index contributed by atoms with van der Waals surface area (Å²) >= 11 is 0. The van der Waals surface area contributed by atoms with Crippen LogP contribution in [0.4, 0.5) is 5.69 Å². The number of nitrogens with one attached hydrogen (secondary N) is 1. The minimum absolute atomic E-state index is 0.637. The van der Waals surface area contributed by atoms with Gasteiger partial charge < -0.3 is 14.8 Å². The highest BCUT2D eigenvalue weighted by molar-refractivity contribution is 5.46. The Bertz CT molecular complexity index is 523. The van der Waals surface area contributed by atoms with E-state index in [1.807, 2.05) is 25.1 Å². The van der Waals surface area contributed by atoms with E-state index in [1.165, 1.54) is 11.1 Å². The van der Waals surface area contributed by atoms with Gasteiger partial charge in [0.1, 0.15) is 5.75 Å². The van der Waals surface area contributed by atoms with Crippen LogP contribution in [0.5, 0.6) is 5.75 Å². The van der Waals surface area contributed by atoms with Crippen LogP contribution in [0.15, 0.2) is 48.5 Å². The van der Waals surface area contributed by atoms with Crippen LogP contribution in [0.2, 0.25) is 0 Å². The monoisotopic (exact) mass is 271 g/mol. The fraction of sp³-hybridized carbons (Fsp3) is 0.294. The first-order chi connectivity index (χ1) is 9.81. The van der Waals surface area contributed by atoms with Gasteiger partial charge >= 0.3 is 0 Å². The lowest BCUT2D eigenvalue weighted by atomic mass is 10.2. The molecule has 0 fully saturated rings. The van der Waals surface area contributed by atoms with E-state index in [-0.39, 0.29) is 0 Å². The van der Waals surface area contributed by atoms with E-state index in [1.54, 1.807) is 7.11 Å². The third-order valence-corrected chi connectivity index (χ3v) is 2.97. The van der Waals surface area contributed by atoms with E-state index in [0.717, 1.165) is 18.0 Å². The Hall–Kier alpha value is -2.00. The van der Waals surface area contributed by atoms with Crippen LogP contribution < -0.4 is 10.1 Å². The summed E-state index contributed by atoms with van der Waals surface area (Å²) in [5, 5.41) is 3.41. The van der Waals surface area contributed by atoms with Crippen molar-refractivity contribution in [2.45, 2.75) is 20.1 Å². The summed E-state index contributed by atoms with van der Waals surface area (Å²) in [5.41, 5.74) is 3.50. The van der Waals surface area contributed by atoms with Crippen molar-refractivity contribution >= 4 is 5.69 Å². The van der Waals surface area contributed by atoms with E-state index in [4.69, 9.17) is 9.47 Å². The lowest BCUT2D eigenvalue weighted by molar-refractivity contribution is 0.185. The van der Waals surface area contributed by atoms with Crippen LogP contribution in [0.1, 0.15) is 18.1 Å². The number of hydrogen-bond donors (Lipinski definition) is 1. The fourth-order valence-electron chi connectivity index (χ4n) is 2.01. The molecule has 0 saturated heterocycles. The van der Waals surface area contributed by atoms with Crippen LogP contribution in [0.3, 0.4) is 0 Å². The zero-order valence-corrected chi connectivity index (χ0v) is 12.1. The highest BCUT2D eigenvalue weighted by Gasteiger charge is 1.98. The van der Waals surface area contributed by atoms with Crippen LogP contribution >= 0.6 is 0 Å². The lowest BCUT2D eigenvalue weighted by Gasteiger charge is -2.09. The number of hydrogen-bond acceptors (Lipinski definition) is 3. The molecule has 0 heterocycles. The largest absolute Gasteiger partial charge is 0.494 e. The van der Waals surface area contributed by atoms with Crippen molar-refractivity contribution in [2.75, 3.05) is 19.0 Å². The highest BCUT2D eigenvalue weighted by atomic mass is 16.5. The van der Waals surface area contributed by atoms with E-state index in [2.05, 4.69) is 35.6 Å². The molecule has 0 aliphatic rings. The SMILES string of the molecule is CCOc1ccc(CNc2cccc(COC)c2)cc1. The van der Waals surface area contributed by atoms with Crippen LogP contribution in [0, 0.1) is 0 Å². The third kappa shape index (κ3) is 4.28. The summed E-state index contributed by atoms with van der Waals surface area (Å²) < 4.78 is 10.6. The second-order valence-electron chi connectivity index (χ2n) is 4.56. The van der Waals surface area contributed by atoms with Gasteiger partial charge in [0, 0.05) is 19.3 Å². The summed E-state index contributed by atoms with van der Waals surface area (Å²) in [6.45, 7) is 4.12. The molecule has 0 bridgehead atoms. The molecule has 0 aliphatic heterocycles. The van der Waals surface area contributed by atoms with Crippen LogP contribution in [-0.2, 0) is 17.9 Å². The van der Waals surface area contributed by atoms with Crippen molar-refractivity contribution in [3.05, 3.63) is 59.7 Å². The summed E-state index contributed by atoms with van der Waals surface area (Å²) in [7, 11) is 1.71. The van der Waals surface area contributed by atoms with Crippen molar-refractivity contribution in [3.63, 3.8) is 0 Å². The summed E-state index contributed by atoms with van der Waals surface area (Å²) in [4.78, 5) is 0. The van der Waals surface area contributed by atoms with Gasteiger partial charge in [-0.15, -0.1) is 0 Å². The maximum Gasteiger partial charge on any atom is 0.119 e. The molecular weight excluding hydrogens is 250 g/mol. The first-order valence-electron chi connectivity index (χ1n) is 6.85. The van der Waals surface area contributed by atoms with Gasteiger partial charge in [-0.05, 0) is 42.3 Å².